The van der Waals surface area contributed by atoms with E-state index in [9.17, 15) is 9.59 Å². The van der Waals surface area contributed by atoms with Crippen LogP contribution < -0.4 is 11.3 Å². The zero-order chi connectivity index (χ0) is 11.4. The fourth-order valence-electron chi connectivity index (χ4n) is 1.01. The number of pyridine rings is 1. The van der Waals surface area contributed by atoms with Crippen molar-refractivity contribution in [1.29, 1.82) is 5.26 Å². The van der Waals surface area contributed by atoms with Gasteiger partial charge in [-0.2, -0.15) is 5.26 Å². The van der Waals surface area contributed by atoms with Crippen LogP contribution in [0.3, 0.4) is 0 Å². The summed E-state index contributed by atoms with van der Waals surface area (Å²) >= 11 is 0. The zero-order valence-corrected chi connectivity index (χ0v) is 8.03. The third kappa shape index (κ3) is 2.14. The Balaban J connectivity index is 3.26. The van der Waals surface area contributed by atoms with E-state index in [4.69, 9.17) is 15.7 Å². The molecule has 0 fully saturated rings. The van der Waals surface area contributed by atoms with Crippen LogP contribution >= 0.6 is 0 Å². The van der Waals surface area contributed by atoms with Gasteiger partial charge in [0.05, 0.1) is 6.61 Å². The maximum Gasteiger partial charge on any atom is 0.341 e. The lowest BCUT2D eigenvalue weighted by molar-refractivity contribution is 0.0527. The smallest absolute Gasteiger partial charge is 0.341 e. The normalized spacial score (nSPS) is 9.33. The van der Waals surface area contributed by atoms with Crippen molar-refractivity contribution in [2.75, 3.05) is 12.3 Å². The number of nitrogens with zero attached hydrogens (tertiary/aromatic N) is 1. The molecule has 1 aromatic heterocycles. The van der Waals surface area contributed by atoms with Crippen molar-refractivity contribution in [3.8, 4) is 6.07 Å². The van der Waals surface area contributed by atoms with Gasteiger partial charge in [0.2, 0.25) is 0 Å². The van der Waals surface area contributed by atoms with Crippen molar-refractivity contribution >= 4 is 11.8 Å². The molecule has 0 atom stereocenters. The number of hydrogen-bond donors (Lipinski definition) is 2. The first-order valence-corrected chi connectivity index (χ1v) is 4.20. The average Bonchev–Trinajstić information content (AvgIpc) is 2.18. The number of H-pyrrole nitrogens is 1. The second-order valence-corrected chi connectivity index (χ2v) is 2.67. The summed E-state index contributed by atoms with van der Waals surface area (Å²) in [6.07, 6.45) is 0. The van der Waals surface area contributed by atoms with Gasteiger partial charge in [-0.25, -0.2) is 4.79 Å². The van der Waals surface area contributed by atoms with Gasteiger partial charge in [-0.15, -0.1) is 0 Å². The Morgan fingerprint density at radius 1 is 1.73 bits per heavy atom. The summed E-state index contributed by atoms with van der Waals surface area (Å²) in [4.78, 5) is 24.6. The zero-order valence-electron chi connectivity index (χ0n) is 8.03. The highest BCUT2D eigenvalue weighted by atomic mass is 16.5. The van der Waals surface area contributed by atoms with Crippen LogP contribution in [0.5, 0.6) is 0 Å². The number of aromatic nitrogens is 1. The van der Waals surface area contributed by atoms with Crippen LogP contribution in [0.2, 0.25) is 0 Å². The van der Waals surface area contributed by atoms with Crippen molar-refractivity contribution in [3.63, 3.8) is 0 Å². The van der Waals surface area contributed by atoms with Crippen LogP contribution in [0.4, 0.5) is 5.82 Å². The van der Waals surface area contributed by atoms with Crippen LogP contribution in [0.15, 0.2) is 10.9 Å². The highest BCUT2D eigenvalue weighted by Crippen LogP contribution is 2.08. The molecule has 1 rings (SSSR count). The topological polar surface area (TPSA) is 109 Å². The van der Waals surface area contributed by atoms with Crippen molar-refractivity contribution in [3.05, 3.63) is 27.5 Å². The van der Waals surface area contributed by atoms with Gasteiger partial charge < -0.3 is 15.5 Å². The standard InChI is InChI=1S/C9H9N3O3/c1-2-15-9(14)6-3-5(4-10)8(13)12-7(6)11/h3H,2H2,1H3,(H3,11,12,13). The number of anilines is 1. The molecule has 0 spiro atoms. The molecule has 15 heavy (non-hydrogen) atoms. The first kappa shape index (κ1) is 10.8. The first-order valence-electron chi connectivity index (χ1n) is 4.20. The number of ether oxygens (including phenoxy) is 1. The molecule has 0 amide bonds. The minimum absolute atomic E-state index is 0.00648. The van der Waals surface area contributed by atoms with E-state index in [2.05, 4.69) is 4.98 Å². The molecule has 0 aliphatic heterocycles. The molecule has 0 radical (unpaired) electrons. The molecule has 0 aliphatic rings. The lowest BCUT2D eigenvalue weighted by atomic mass is 10.2. The van der Waals surface area contributed by atoms with Crippen LogP contribution in [0, 0.1) is 11.3 Å². The molecule has 6 nitrogen and oxygen atoms in total. The van der Waals surface area contributed by atoms with Gasteiger partial charge in [-0.1, -0.05) is 0 Å². The summed E-state index contributed by atoms with van der Waals surface area (Å²) in [6, 6.07) is 2.77. The van der Waals surface area contributed by atoms with Crippen LogP contribution in [0.25, 0.3) is 0 Å². The van der Waals surface area contributed by atoms with E-state index < -0.39 is 11.5 Å². The molecular weight excluding hydrogens is 198 g/mol. The number of nitrogen functional groups attached to an aromatic ring is 1. The number of nitrogens with two attached hydrogens (primary N) is 1. The molecule has 3 N–H and O–H groups in total. The quantitative estimate of drug-likeness (QED) is 0.663. The number of hydrogen-bond acceptors (Lipinski definition) is 5. The molecule has 0 saturated heterocycles. The number of esters is 1. The lowest BCUT2D eigenvalue weighted by Gasteiger charge is -2.04. The summed E-state index contributed by atoms with van der Waals surface area (Å²) in [5, 5.41) is 8.58. The SMILES string of the molecule is CCOC(=O)c1cc(C#N)c(=O)[nH]c1N. The second-order valence-electron chi connectivity index (χ2n) is 2.67. The minimum atomic E-state index is -0.664. The molecule has 1 heterocycles. The number of carbonyl (C=O) groups excluding carboxylic acids is 1. The van der Waals surface area contributed by atoms with Crippen LogP contribution in [-0.4, -0.2) is 17.6 Å². The summed E-state index contributed by atoms with van der Waals surface area (Å²) in [6.45, 7) is 1.84. The monoisotopic (exact) mass is 207 g/mol. The number of aromatic amines is 1. The predicted octanol–water partition coefficient (Wildman–Crippen LogP) is 0.00548. The van der Waals surface area contributed by atoms with E-state index in [0.29, 0.717) is 0 Å². The van der Waals surface area contributed by atoms with E-state index in [1.165, 1.54) is 0 Å². The van der Waals surface area contributed by atoms with Crippen LogP contribution in [-0.2, 0) is 4.74 Å². The minimum Gasteiger partial charge on any atom is -0.462 e. The van der Waals surface area contributed by atoms with E-state index in [0.717, 1.165) is 6.07 Å². The summed E-state index contributed by atoms with van der Waals surface area (Å²) in [5.41, 5.74) is 4.61. The summed E-state index contributed by atoms with van der Waals surface area (Å²) in [7, 11) is 0. The Bertz CT molecular complexity index is 484. The van der Waals surface area contributed by atoms with E-state index in [1.807, 2.05) is 0 Å². The molecule has 0 saturated carbocycles. The van der Waals surface area contributed by atoms with E-state index >= 15 is 0 Å². The molecule has 0 bridgehead atoms. The molecular formula is C9H9N3O3. The molecule has 0 unspecified atom stereocenters. The fraction of sp³-hybridized carbons (Fsp3) is 0.222. The summed E-state index contributed by atoms with van der Waals surface area (Å²) in [5.74, 6) is -0.764. The van der Waals surface area contributed by atoms with Gasteiger partial charge >= 0.3 is 5.97 Å². The molecule has 1 aromatic rings. The number of rotatable bonds is 2. The maximum atomic E-state index is 11.3. The molecule has 0 aliphatic carbocycles. The van der Waals surface area contributed by atoms with Crippen molar-refractivity contribution < 1.29 is 9.53 Å². The van der Waals surface area contributed by atoms with Crippen molar-refractivity contribution in [1.82, 2.24) is 4.98 Å². The van der Waals surface area contributed by atoms with Gasteiger partial charge in [-0.3, -0.25) is 4.79 Å². The van der Waals surface area contributed by atoms with Gasteiger partial charge in [0.1, 0.15) is 23.0 Å². The Morgan fingerprint density at radius 2 is 2.40 bits per heavy atom. The predicted molar refractivity (Wildman–Crippen MR) is 52.1 cm³/mol. The largest absolute Gasteiger partial charge is 0.462 e. The van der Waals surface area contributed by atoms with E-state index in [-0.39, 0.29) is 23.6 Å². The number of nitrogens with one attached hydrogen (secondary N) is 1. The lowest BCUT2D eigenvalue weighted by Crippen LogP contribution is -2.18. The average molecular weight is 207 g/mol. The Hall–Kier alpha value is -2.29. The van der Waals surface area contributed by atoms with E-state index in [1.54, 1.807) is 13.0 Å². The van der Waals surface area contributed by atoms with Crippen LogP contribution in [0.1, 0.15) is 22.8 Å². The first-order chi connectivity index (χ1) is 7.10. The highest BCUT2D eigenvalue weighted by molar-refractivity contribution is 5.94. The Labute approximate surface area is 85.3 Å². The van der Waals surface area contributed by atoms with Gasteiger partial charge in [0.25, 0.3) is 5.56 Å². The fourth-order valence-corrected chi connectivity index (χ4v) is 1.01. The highest BCUT2D eigenvalue weighted by Gasteiger charge is 2.14. The third-order valence-corrected chi connectivity index (χ3v) is 1.69. The molecule has 78 valence electrons. The second kappa shape index (κ2) is 4.28. The third-order valence-electron chi connectivity index (χ3n) is 1.69. The summed E-state index contributed by atoms with van der Waals surface area (Å²) < 4.78 is 4.70. The van der Waals surface area contributed by atoms with Gasteiger partial charge in [0, 0.05) is 0 Å². The molecule has 6 heteroatoms. The molecule has 0 aromatic carbocycles. The maximum absolute atomic E-state index is 11.3. The Morgan fingerprint density at radius 3 is 2.93 bits per heavy atom. The Kier molecular flexibility index (Phi) is 3.08. The van der Waals surface area contributed by atoms with Crippen molar-refractivity contribution in [2.24, 2.45) is 0 Å². The number of nitriles is 1. The van der Waals surface area contributed by atoms with Gasteiger partial charge in [0.15, 0.2) is 0 Å². The number of carbonyl (C=O) groups is 1. The van der Waals surface area contributed by atoms with Gasteiger partial charge in [-0.05, 0) is 13.0 Å². The van der Waals surface area contributed by atoms with Crippen molar-refractivity contribution in [2.45, 2.75) is 6.92 Å².